The molecular formula is C19H17F6N7O. The predicted octanol–water partition coefficient (Wildman–Crippen LogP) is 4.24. The maximum absolute atomic E-state index is 12.9. The second kappa shape index (κ2) is 9.34. The maximum Gasteiger partial charge on any atom is 0.416 e. The molecule has 0 aliphatic carbocycles. The number of anilines is 2. The molecular weight excluding hydrogens is 456 g/mol. The van der Waals surface area contributed by atoms with Gasteiger partial charge in [0.25, 0.3) is 0 Å². The molecule has 2 amide bonds. The number of hydrogen-bond donors (Lipinski definition) is 3. The Hall–Kier alpha value is -3.84. The quantitative estimate of drug-likeness (QED) is 0.368. The second-order valence-electron chi connectivity index (χ2n) is 6.71. The highest BCUT2D eigenvalue weighted by atomic mass is 19.4. The average molecular weight is 473 g/mol. The number of amides is 2. The van der Waals surface area contributed by atoms with Crippen LogP contribution in [0, 0.1) is 6.92 Å². The first-order valence-corrected chi connectivity index (χ1v) is 9.36. The molecule has 3 rings (SSSR count). The minimum atomic E-state index is -5.01. The smallest absolute Gasteiger partial charge is 0.368 e. The van der Waals surface area contributed by atoms with Gasteiger partial charge in [-0.2, -0.15) is 31.4 Å². The number of carbonyl (C=O) groups is 1. The van der Waals surface area contributed by atoms with Crippen LogP contribution < -0.4 is 16.0 Å². The van der Waals surface area contributed by atoms with E-state index in [1.165, 1.54) is 4.68 Å². The Morgan fingerprint density at radius 3 is 2.21 bits per heavy atom. The van der Waals surface area contributed by atoms with Crippen molar-refractivity contribution in [3.8, 4) is 5.82 Å². The lowest BCUT2D eigenvalue weighted by molar-refractivity contribution is -0.143. The van der Waals surface area contributed by atoms with Crippen LogP contribution in [0.15, 0.2) is 42.7 Å². The Balaban J connectivity index is 1.58. The van der Waals surface area contributed by atoms with Gasteiger partial charge in [0.15, 0.2) is 5.82 Å². The van der Waals surface area contributed by atoms with Crippen molar-refractivity contribution in [1.29, 1.82) is 0 Å². The Morgan fingerprint density at radius 2 is 1.64 bits per heavy atom. The average Bonchev–Trinajstić information content (AvgIpc) is 3.24. The minimum absolute atomic E-state index is 0.00290. The van der Waals surface area contributed by atoms with Gasteiger partial charge in [0.05, 0.1) is 11.1 Å². The van der Waals surface area contributed by atoms with Gasteiger partial charge in [0, 0.05) is 37.2 Å². The monoisotopic (exact) mass is 473 g/mol. The number of benzene rings is 1. The van der Waals surface area contributed by atoms with Gasteiger partial charge in [-0.1, -0.05) is 0 Å². The summed E-state index contributed by atoms with van der Waals surface area (Å²) >= 11 is 0. The molecule has 0 radical (unpaired) electrons. The molecule has 0 spiro atoms. The van der Waals surface area contributed by atoms with Crippen molar-refractivity contribution in [2.45, 2.75) is 19.3 Å². The highest BCUT2D eigenvalue weighted by molar-refractivity contribution is 5.89. The zero-order chi connectivity index (χ0) is 24.2. The van der Waals surface area contributed by atoms with Crippen LogP contribution in [-0.4, -0.2) is 38.9 Å². The Labute approximate surface area is 183 Å². The van der Waals surface area contributed by atoms with E-state index < -0.39 is 35.2 Å². The maximum atomic E-state index is 12.9. The number of urea groups is 1. The summed E-state index contributed by atoms with van der Waals surface area (Å²) in [5.41, 5.74) is -3.69. The fourth-order valence-electron chi connectivity index (χ4n) is 2.73. The van der Waals surface area contributed by atoms with Gasteiger partial charge in [-0.15, -0.1) is 0 Å². The van der Waals surface area contributed by atoms with Gasteiger partial charge in [-0.25, -0.2) is 19.4 Å². The van der Waals surface area contributed by atoms with Crippen molar-refractivity contribution in [2.24, 2.45) is 0 Å². The molecule has 0 unspecified atom stereocenters. The number of aryl methyl sites for hydroxylation is 1. The van der Waals surface area contributed by atoms with E-state index in [1.807, 2.05) is 5.32 Å². The molecule has 1 aromatic carbocycles. The topological polar surface area (TPSA) is 96.8 Å². The van der Waals surface area contributed by atoms with Crippen molar-refractivity contribution >= 4 is 17.5 Å². The molecule has 0 saturated carbocycles. The van der Waals surface area contributed by atoms with E-state index in [0.717, 1.165) is 0 Å². The summed E-state index contributed by atoms with van der Waals surface area (Å²) in [5, 5.41) is 11.3. The highest BCUT2D eigenvalue weighted by Crippen LogP contribution is 2.37. The van der Waals surface area contributed by atoms with Crippen LogP contribution in [0.25, 0.3) is 5.82 Å². The van der Waals surface area contributed by atoms with Crippen LogP contribution in [0.3, 0.4) is 0 Å². The molecule has 0 aliphatic heterocycles. The molecule has 14 heteroatoms. The molecule has 2 aromatic heterocycles. The molecule has 0 bridgehead atoms. The van der Waals surface area contributed by atoms with Crippen molar-refractivity contribution in [3.05, 3.63) is 59.7 Å². The van der Waals surface area contributed by atoms with E-state index in [9.17, 15) is 31.1 Å². The van der Waals surface area contributed by atoms with Crippen LogP contribution in [0.2, 0.25) is 0 Å². The van der Waals surface area contributed by atoms with Crippen LogP contribution in [0.5, 0.6) is 0 Å². The largest absolute Gasteiger partial charge is 0.416 e. The summed E-state index contributed by atoms with van der Waals surface area (Å²) in [7, 11) is 0. The molecule has 176 valence electrons. The lowest BCUT2D eigenvalue weighted by Gasteiger charge is -2.15. The van der Waals surface area contributed by atoms with Crippen molar-refractivity contribution in [3.63, 3.8) is 0 Å². The van der Waals surface area contributed by atoms with E-state index in [2.05, 4.69) is 25.7 Å². The molecule has 0 fully saturated rings. The lowest BCUT2D eigenvalue weighted by atomic mass is 10.1. The zero-order valence-electron chi connectivity index (χ0n) is 16.9. The Bertz CT molecular complexity index is 1080. The third-order valence-corrected chi connectivity index (χ3v) is 4.13. The Kier molecular flexibility index (Phi) is 6.74. The second-order valence-corrected chi connectivity index (χ2v) is 6.71. The summed E-state index contributed by atoms with van der Waals surface area (Å²) in [5.74, 6) is 1.40. The van der Waals surface area contributed by atoms with Crippen molar-refractivity contribution in [2.75, 3.05) is 23.7 Å². The first kappa shape index (κ1) is 23.8. The molecule has 2 heterocycles. The van der Waals surface area contributed by atoms with Crippen LogP contribution >= 0.6 is 0 Å². The van der Waals surface area contributed by atoms with Gasteiger partial charge in [-0.3, -0.25) is 0 Å². The number of nitrogens with one attached hydrogen (secondary N) is 3. The number of halogens is 6. The SMILES string of the molecule is Cc1nc(NCCNC(=O)Nc2cc(C(F)(F)F)cc(C(F)(F)F)c2)cc(-n2cccn2)n1. The Morgan fingerprint density at radius 1 is 0.970 bits per heavy atom. The first-order valence-electron chi connectivity index (χ1n) is 9.36. The van der Waals surface area contributed by atoms with Crippen LogP contribution in [0.4, 0.5) is 42.6 Å². The summed E-state index contributed by atoms with van der Waals surface area (Å²) in [6.45, 7) is 1.84. The molecule has 0 aliphatic rings. The highest BCUT2D eigenvalue weighted by Gasteiger charge is 2.37. The molecule has 0 saturated heterocycles. The van der Waals surface area contributed by atoms with E-state index >= 15 is 0 Å². The van der Waals surface area contributed by atoms with E-state index in [1.54, 1.807) is 31.5 Å². The van der Waals surface area contributed by atoms with Gasteiger partial charge in [0.1, 0.15) is 11.6 Å². The molecule has 3 aromatic rings. The van der Waals surface area contributed by atoms with E-state index in [-0.39, 0.29) is 19.2 Å². The molecule has 0 atom stereocenters. The fourth-order valence-corrected chi connectivity index (χ4v) is 2.73. The molecule has 8 nitrogen and oxygen atoms in total. The third kappa shape index (κ3) is 6.57. The molecule has 33 heavy (non-hydrogen) atoms. The number of alkyl halides is 6. The number of rotatable bonds is 6. The first-order chi connectivity index (χ1) is 15.4. The van der Waals surface area contributed by atoms with Crippen molar-refractivity contribution in [1.82, 2.24) is 25.1 Å². The van der Waals surface area contributed by atoms with E-state index in [0.29, 0.717) is 29.6 Å². The lowest BCUT2D eigenvalue weighted by Crippen LogP contribution is -2.33. The standard InChI is InChI=1S/C19H17F6N7O/c1-11-29-15(10-16(30-11)32-6-2-3-28-32)26-4-5-27-17(33)31-14-8-12(18(20,21)22)7-13(9-14)19(23,24)25/h2-3,6-10H,4-5H2,1H3,(H,26,29,30)(H2,27,31,33). The van der Waals surface area contributed by atoms with Gasteiger partial charge >= 0.3 is 18.4 Å². The number of nitrogens with zero attached hydrogens (tertiary/aromatic N) is 4. The van der Waals surface area contributed by atoms with Crippen LogP contribution in [0.1, 0.15) is 17.0 Å². The van der Waals surface area contributed by atoms with E-state index in [4.69, 9.17) is 0 Å². The van der Waals surface area contributed by atoms with Gasteiger partial charge < -0.3 is 16.0 Å². The zero-order valence-corrected chi connectivity index (χ0v) is 16.9. The summed E-state index contributed by atoms with van der Waals surface area (Å²) in [6.07, 6.45) is -6.75. The number of carbonyl (C=O) groups excluding carboxylic acids is 1. The molecule has 3 N–H and O–H groups in total. The fraction of sp³-hybridized carbons (Fsp3) is 0.263. The van der Waals surface area contributed by atoms with Crippen LogP contribution in [-0.2, 0) is 12.4 Å². The van der Waals surface area contributed by atoms with Gasteiger partial charge in [-0.05, 0) is 31.2 Å². The number of aromatic nitrogens is 4. The predicted molar refractivity (Wildman–Crippen MR) is 106 cm³/mol. The summed E-state index contributed by atoms with van der Waals surface area (Å²) < 4.78 is 79.0. The minimum Gasteiger partial charge on any atom is -0.368 e. The summed E-state index contributed by atoms with van der Waals surface area (Å²) in [6, 6.07) is 3.19. The number of hydrogen-bond acceptors (Lipinski definition) is 5. The summed E-state index contributed by atoms with van der Waals surface area (Å²) in [4.78, 5) is 20.4. The van der Waals surface area contributed by atoms with Gasteiger partial charge in [0.2, 0.25) is 0 Å². The third-order valence-electron chi connectivity index (χ3n) is 4.13. The van der Waals surface area contributed by atoms with Crippen molar-refractivity contribution < 1.29 is 31.1 Å². The normalized spacial score (nSPS) is 11.8.